The van der Waals surface area contributed by atoms with Gasteiger partial charge in [0.15, 0.2) is 0 Å². The van der Waals surface area contributed by atoms with Gasteiger partial charge in [-0.25, -0.2) is 0 Å². The Labute approximate surface area is 165 Å². The van der Waals surface area contributed by atoms with Crippen molar-refractivity contribution < 1.29 is 0 Å². The first-order valence-electron chi connectivity index (χ1n) is 9.21. The van der Waals surface area contributed by atoms with E-state index >= 15 is 0 Å². The minimum Gasteiger partial charge on any atom is -0.126 e. The molecule has 0 amide bonds. The van der Waals surface area contributed by atoms with Gasteiger partial charge in [-0.1, -0.05) is 86.0 Å². The number of hydrogen-bond acceptors (Lipinski definition) is 0. The standard InChI is InChI=1S/C24H34Si2/c1-21(2)23(17-19-25(5,6)7)15-13-11-12-14-16-24(22(3)4)18-20-26(8,9)10/h11-12H2,1-10H3. The van der Waals surface area contributed by atoms with Gasteiger partial charge in [0, 0.05) is 12.8 Å². The third-order valence-electron chi connectivity index (χ3n) is 2.93. The highest BCUT2D eigenvalue weighted by Crippen LogP contribution is 2.05. The second-order valence-corrected chi connectivity index (χ2v) is 18.4. The molecule has 26 heavy (non-hydrogen) atoms. The maximum absolute atomic E-state index is 3.39. The molecule has 0 N–H and O–H groups in total. The van der Waals surface area contributed by atoms with E-state index in [0.29, 0.717) is 0 Å². The third-order valence-corrected chi connectivity index (χ3v) is 4.68. The number of allylic oxidation sites excluding steroid dienone is 4. The smallest absolute Gasteiger partial charge is 0.126 e. The van der Waals surface area contributed by atoms with Gasteiger partial charge in [0.2, 0.25) is 0 Å². The van der Waals surface area contributed by atoms with Gasteiger partial charge in [0.1, 0.15) is 16.1 Å². The molecule has 0 aliphatic rings. The van der Waals surface area contributed by atoms with E-state index in [0.717, 1.165) is 24.0 Å². The molecular weight excluding hydrogens is 344 g/mol. The van der Waals surface area contributed by atoms with Gasteiger partial charge in [0.05, 0.1) is 11.1 Å². The largest absolute Gasteiger partial charge is 0.129 e. The molecule has 0 heterocycles. The molecule has 0 rings (SSSR count). The highest BCUT2D eigenvalue weighted by atomic mass is 28.3. The highest BCUT2D eigenvalue weighted by molar-refractivity contribution is 6.84. The summed E-state index contributed by atoms with van der Waals surface area (Å²) in [5.74, 6) is 19.4. The minimum atomic E-state index is -1.37. The average molecular weight is 379 g/mol. The fraction of sp³-hybridized carbons (Fsp3) is 0.500. The topological polar surface area (TPSA) is 0 Å². The highest BCUT2D eigenvalue weighted by Gasteiger charge is 2.08. The van der Waals surface area contributed by atoms with Crippen molar-refractivity contribution in [2.75, 3.05) is 0 Å². The summed E-state index contributed by atoms with van der Waals surface area (Å²) in [6.45, 7) is 21.8. The van der Waals surface area contributed by atoms with Crippen LogP contribution in [-0.2, 0) is 0 Å². The van der Waals surface area contributed by atoms with E-state index in [2.05, 4.69) is 114 Å². The fourth-order valence-electron chi connectivity index (χ4n) is 1.49. The number of hydrogen-bond donors (Lipinski definition) is 0. The number of unbranched alkanes of at least 4 members (excludes halogenated alkanes) is 1. The number of rotatable bonds is 1. The lowest BCUT2D eigenvalue weighted by molar-refractivity contribution is 1.12. The van der Waals surface area contributed by atoms with Gasteiger partial charge >= 0.3 is 0 Å². The van der Waals surface area contributed by atoms with Gasteiger partial charge in [-0.2, -0.15) is 0 Å². The molecule has 0 saturated carbocycles. The molecule has 0 unspecified atom stereocenters. The molecule has 0 bridgehead atoms. The van der Waals surface area contributed by atoms with Gasteiger partial charge < -0.3 is 0 Å². The maximum Gasteiger partial charge on any atom is 0.129 e. The maximum atomic E-state index is 3.39. The normalized spacial score (nSPS) is 9.77. The van der Waals surface area contributed by atoms with Crippen molar-refractivity contribution in [2.45, 2.75) is 79.8 Å². The van der Waals surface area contributed by atoms with E-state index in [1.54, 1.807) is 0 Å². The van der Waals surface area contributed by atoms with Crippen LogP contribution in [0.15, 0.2) is 22.3 Å². The summed E-state index contributed by atoms with van der Waals surface area (Å²) in [6, 6.07) is 0. The van der Waals surface area contributed by atoms with Crippen molar-refractivity contribution >= 4 is 16.1 Å². The fourth-order valence-corrected chi connectivity index (χ4v) is 2.49. The first-order chi connectivity index (χ1) is 11.8. The van der Waals surface area contributed by atoms with Crippen LogP contribution in [0.25, 0.3) is 0 Å². The lowest BCUT2D eigenvalue weighted by Crippen LogP contribution is -2.16. The summed E-state index contributed by atoms with van der Waals surface area (Å²) in [7, 11) is -2.74. The third kappa shape index (κ3) is 13.4. The van der Waals surface area contributed by atoms with E-state index < -0.39 is 16.1 Å². The SMILES string of the molecule is CC(C)=C(C#CCCC#CC(C#C[Si](C)(C)C)=C(C)C)C#C[Si](C)(C)C. The molecule has 0 aromatic heterocycles. The van der Waals surface area contributed by atoms with Crippen LogP contribution in [0.2, 0.25) is 39.3 Å². The van der Waals surface area contributed by atoms with Gasteiger partial charge in [-0.15, -0.1) is 11.1 Å². The molecule has 0 spiro atoms. The summed E-state index contributed by atoms with van der Waals surface area (Å²) >= 11 is 0. The van der Waals surface area contributed by atoms with Gasteiger partial charge in [-0.3, -0.25) is 0 Å². The van der Waals surface area contributed by atoms with Crippen molar-refractivity contribution in [3.05, 3.63) is 22.3 Å². The predicted octanol–water partition coefficient (Wildman–Crippen LogP) is 6.21. The lowest BCUT2D eigenvalue weighted by atomic mass is 10.1. The van der Waals surface area contributed by atoms with Crippen molar-refractivity contribution in [2.24, 2.45) is 0 Å². The summed E-state index contributed by atoms with van der Waals surface area (Å²) in [5.41, 5.74) is 11.1. The van der Waals surface area contributed by atoms with Crippen LogP contribution < -0.4 is 0 Å². The minimum absolute atomic E-state index is 0.760. The molecule has 138 valence electrons. The van der Waals surface area contributed by atoms with Crippen molar-refractivity contribution in [1.82, 2.24) is 0 Å². The lowest BCUT2D eigenvalue weighted by Gasteiger charge is -2.03. The molecule has 0 aromatic rings. The Kier molecular flexibility index (Phi) is 10.2. The molecule has 2 heteroatoms. The van der Waals surface area contributed by atoms with Crippen LogP contribution in [0.4, 0.5) is 0 Å². The molecule has 0 radical (unpaired) electrons. The quantitative estimate of drug-likeness (QED) is 0.289. The zero-order chi connectivity index (χ0) is 20.4. The predicted molar refractivity (Wildman–Crippen MR) is 124 cm³/mol. The second kappa shape index (κ2) is 11.0. The molecule has 0 fully saturated rings. The molecule has 0 aliphatic heterocycles. The average Bonchev–Trinajstić information content (AvgIpc) is 2.45. The monoisotopic (exact) mass is 378 g/mol. The molecule has 0 atom stereocenters. The van der Waals surface area contributed by atoms with E-state index in [-0.39, 0.29) is 0 Å². The van der Waals surface area contributed by atoms with Crippen LogP contribution in [0.5, 0.6) is 0 Å². The van der Waals surface area contributed by atoms with Crippen LogP contribution in [0, 0.1) is 46.6 Å². The summed E-state index contributed by atoms with van der Waals surface area (Å²) < 4.78 is 0. The van der Waals surface area contributed by atoms with E-state index in [1.807, 2.05) is 0 Å². The van der Waals surface area contributed by atoms with Gasteiger partial charge in [-0.05, 0) is 27.7 Å². The Hall–Kier alpha value is -1.85. The van der Waals surface area contributed by atoms with Crippen molar-refractivity contribution in [3.63, 3.8) is 0 Å². The first kappa shape index (κ1) is 24.2. The zero-order valence-corrected chi connectivity index (χ0v) is 20.4. The second-order valence-electron chi connectivity index (χ2n) is 8.85. The van der Waals surface area contributed by atoms with Crippen LogP contribution in [0.1, 0.15) is 40.5 Å². The van der Waals surface area contributed by atoms with Crippen molar-refractivity contribution in [3.8, 4) is 46.6 Å². The Morgan fingerprint density at radius 3 is 1.08 bits per heavy atom. The Morgan fingerprint density at radius 2 is 0.846 bits per heavy atom. The Balaban J connectivity index is 5.02. The van der Waals surface area contributed by atoms with E-state index in [4.69, 9.17) is 0 Å². The molecule has 0 saturated heterocycles. The van der Waals surface area contributed by atoms with E-state index in [1.165, 1.54) is 11.1 Å². The van der Waals surface area contributed by atoms with Crippen LogP contribution in [0.3, 0.4) is 0 Å². The Bertz CT molecular complexity index is 727. The van der Waals surface area contributed by atoms with Crippen LogP contribution >= 0.6 is 0 Å². The summed E-state index contributed by atoms with van der Waals surface area (Å²) in [4.78, 5) is 0. The van der Waals surface area contributed by atoms with Crippen molar-refractivity contribution in [1.29, 1.82) is 0 Å². The zero-order valence-electron chi connectivity index (χ0n) is 18.4. The van der Waals surface area contributed by atoms with Gasteiger partial charge in [0.25, 0.3) is 0 Å². The first-order valence-corrected chi connectivity index (χ1v) is 16.2. The summed E-state index contributed by atoms with van der Waals surface area (Å²) in [5, 5.41) is 0. The molecule has 0 nitrogen and oxygen atoms in total. The Morgan fingerprint density at radius 1 is 0.538 bits per heavy atom. The van der Waals surface area contributed by atoms with Crippen LogP contribution in [-0.4, -0.2) is 16.1 Å². The summed E-state index contributed by atoms with van der Waals surface area (Å²) in [6.07, 6.45) is 1.52. The molecular formula is C24H34Si2. The van der Waals surface area contributed by atoms with E-state index in [9.17, 15) is 0 Å². The molecule has 0 aromatic carbocycles. The molecule has 0 aliphatic carbocycles.